The van der Waals surface area contributed by atoms with E-state index in [1.54, 1.807) is 0 Å². The number of fused-ring (bicyclic) bond motifs is 1. The number of nitrogens with zero attached hydrogens (tertiary/aromatic N) is 2. The minimum absolute atomic E-state index is 0.0653. The maximum Gasteiger partial charge on any atom is 0.242 e. The first-order valence-electron chi connectivity index (χ1n) is 22.0. The van der Waals surface area contributed by atoms with Gasteiger partial charge in [0, 0.05) is 23.5 Å². The van der Waals surface area contributed by atoms with Gasteiger partial charge in [0.05, 0.1) is 11.4 Å². The normalized spacial score (nSPS) is 11.9. The summed E-state index contributed by atoms with van der Waals surface area (Å²) in [5, 5.41) is 2.28. The van der Waals surface area contributed by atoms with Crippen LogP contribution in [-0.2, 0) is 0 Å². The third kappa shape index (κ3) is 8.42. The average molecular weight is 815 g/mol. The molecule has 0 amide bonds. The van der Waals surface area contributed by atoms with E-state index in [0.717, 1.165) is 55.6 Å². The van der Waals surface area contributed by atoms with Crippen molar-refractivity contribution in [1.29, 1.82) is 0 Å². The molecule has 64 heavy (non-hydrogen) atoms. The zero-order chi connectivity index (χ0) is 42.9. The highest BCUT2D eigenvalue weighted by Crippen LogP contribution is 2.38. The first-order chi connectivity index (χ1) is 31.8. The molecule has 10 rings (SSSR count). The van der Waals surface area contributed by atoms with Gasteiger partial charge in [0.15, 0.2) is 0 Å². The zero-order valence-corrected chi connectivity index (χ0v) is 35.5. The van der Waals surface area contributed by atoms with E-state index in [1.807, 2.05) is 24.5 Å². The first-order valence-corrected chi connectivity index (χ1v) is 22.0. The van der Waals surface area contributed by atoms with E-state index < -0.39 is 0 Å². The van der Waals surface area contributed by atoms with E-state index in [9.17, 15) is 0 Å². The van der Waals surface area contributed by atoms with Crippen LogP contribution in [-0.4, -0.2) is 23.4 Å². The Bertz CT molecular complexity index is 2860. The zero-order valence-electron chi connectivity index (χ0n) is 35.5. The Morgan fingerprint density at radius 3 is 0.859 bits per heavy atom. The van der Waals surface area contributed by atoms with Crippen molar-refractivity contribution in [2.24, 2.45) is 0 Å². The average Bonchev–Trinajstić information content (AvgIpc) is 3.38. The molecule has 0 atom stereocenters. The number of pyridine rings is 2. The second-order valence-corrected chi connectivity index (χ2v) is 16.0. The van der Waals surface area contributed by atoms with Crippen LogP contribution in [0.2, 0.25) is 0 Å². The second-order valence-electron chi connectivity index (χ2n) is 16.0. The van der Waals surface area contributed by atoms with Crippen molar-refractivity contribution < 1.29 is 0 Å². The van der Waals surface area contributed by atoms with Crippen LogP contribution in [0.1, 0.15) is 33.6 Å². The molecule has 0 aliphatic carbocycles. The lowest BCUT2D eigenvalue weighted by atomic mass is 9.34. The molecular formula is C60H44B2N2. The van der Waals surface area contributed by atoms with Gasteiger partial charge in [-0.3, -0.25) is 9.97 Å². The molecule has 0 aliphatic rings. The SMILES string of the molecule is c1ccc(B(/C(=C(/c2ccc3cc(/C(=C(/B(c4ccccc4)c4ccccc4)c4ccccc4)c4ccccn4)ccc3c2)c2ccccn2)c2ccccc2)c2ccccc2)cc1. The van der Waals surface area contributed by atoms with Gasteiger partial charge >= 0.3 is 0 Å². The summed E-state index contributed by atoms with van der Waals surface area (Å²) in [6.45, 7) is -0.131. The highest BCUT2D eigenvalue weighted by Gasteiger charge is 2.31. The largest absolute Gasteiger partial charge is 0.256 e. The van der Waals surface area contributed by atoms with Gasteiger partial charge in [0.1, 0.15) is 0 Å². The Balaban J connectivity index is 1.23. The van der Waals surface area contributed by atoms with E-state index >= 15 is 0 Å². The Hall–Kier alpha value is -8.07. The molecule has 2 nitrogen and oxygen atoms in total. The summed E-state index contributed by atoms with van der Waals surface area (Å²) in [6.07, 6.45) is 3.80. The topological polar surface area (TPSA) is 25.8 Å². The van der Waals surface area contributed by atoms with Crippen molar-refractivity contribution in [3.05, 3.63) is 301 Å². The molecule has 0 radical (unpaired) electrons. The van der Waals surface area contributed by atoms with E-state index in [-0.39, 0.29) is 13.4 Å². The predicted molar refractivity (Wildman–Crippen MR) is 273 cm³/mol. The molecule has 300 valence electrons. The van der Waals surface area contributed by atoms with Gasteiger partial charge in [-0.1, -0.05) is 251 Å². The van der Waals surface area contributed by atoms with E-state index in [4.69, 9.17) is 9.97 Å². The van der Waals surface area contributed by atoms with Crippen molar-refractivity contribution in [3.63, 3.8) is 0 Å². The monoisotopic (exact) mass is 814 g/mol. The van der Waals surface area contributed by atoms with Crippen LogP contribution in [0.3, 0.4) is 0 Å². The fourth-order valence-electron chi connectivity index (χ4n) is 9.24. The Morgan fingerprint density at radius 2 is 0.562 bits per heavy atom. The fraction of sp³-hybridized carbons (Fsp3) is 0. The summed E-state index contributed by atoms with van der Waals surface area (Å²) in [4.78, 5) is 10.1. The molecule has 8 aromatic carbocycles. The molecule has 0 unspecified atom stereocenters. The number of hydrogen-bond donors (Lipinski definition) is 0. The number of rotatable bonds is 12. The van der Waals surface area contributed by atoms with Gasteiger partial charge in [0.25, 0.3) is 0 Å². The quantitative estimate of drug-likeness (QED) is 0.0907. The molecular weight excluding hydrogens is 770 g/mol. The van der Waals surface area contributed by atoms with Crippen molar-refractivity contribution in [2.75, 3.05) is 0 Å². The van der Waals surface area contributed by atoms with Gasteiger partial charge in [-0.25, -0.2) is 0 Å². The Labute approximate surface area is 377 Å². The van der Waals surface area contributed by atoms with Gasteiger partial charge in [-0.05, 0) is 69.4 Å². The van der Waals surface area contributed by atoms with Gasteiger partial charge in [-0.15, -0.1) is 0 Å². The number of benzene rings is 8. The molecule has 2 heterocycles. The molecule has 0 aliphatic heterocycles. The minimum Gasteiger partial charge on any atom is -0.256 e. The van der Waals surface area contributed by atoms with E-state index in [1.165, 1.54) is 32.8 Å². The van der Waals surface area contributed by atoms with Crippen LogP contribution in [0.4, 0.5) is 0 Å². The van der Waals surface area contributed by atoms with Crippen LogP contribution in [0.5, 0.6) is 0 Å². The Morgan fingerprint density at radius 1 is 0.266 bits per heavy atom. The Kier molecular flexibility index (Phi) is 11.8. The van der Waals surface area contributed by atoms with Crippen molar-refractivity contribution in [1.82, 2.24) is 9.97 Å². The highest BCUT2D eigenvalue weighted by atomic mass is 14.7. The molecule has 10 aromatic rings. The lowest BCUT2D eigenvalue weighted by Gasteiger charge is -2.25. The third-order valence-electron chi connectivity index (χ3n) is 12.1. The summed E-state index contributed by atoms with van der Waals surface area (Å²) in [7, 11) is 0. The molecule has 4 heteroatoms. The van der Waals surface area contributed by atoms with E-state index in [2.05, 4.69) is 243 Å². The van der Waals surface area contributed by atoms with E-state index in [0.29, 0.717) is 0 Å². The molecule has 0 saturated heterocycles. The molecule has 0 saturated carbocycles. The molecule has 0 spiro atoms. The summed E-state index contributed by atoms with van der Waals surface area (Å²) in [6, 6.07) is 91.4. The van der Waals surface area contributed by atoms with Gasteiger partial charge in [-0.2, -0.15) is 0 Å². The standard InChI is InChI=1S/C60H44B2N2/c1-7-23-45(24-8-1)59(61(51-27-11-3-12-28-51)52-29-13-4-14-30-52)57(55-35-19-21-41-63-55)49-39-37-48-44-50(40-38-47(48)43-49)58(56-36-20-22-42-64-56)60(46-25-9-2-10-26-46)62(53-31-15-5-16-32-53)54-33-17-6-18-34-54/h1-44H/b59-57-,60-58-. The molecule has 0 N–H and O–H groups in total. The number of aromatic nitrogens is 2. The van der Waals surface area contributed by atoms with Crippen molar-refractivity contribution in [3.8, 4) is 0 Å². The lowest BCUT2D eigenvalue weighted by Crippen LogP contribution is -2.44. The molecule has 0 bridgehead atoms. The summed E-state index contributed by atoms with van der Waals surface area (Å²) in [5.74, 6) is 0. The fourth-order valence-corrected chi connectivity index (χ4v) is 9.24. The summed E-state index contributed by atoms with van der Waals surface area (Å²) >= 11 is 0. The van der Waals surface area contributed by atoms with Crippen LogP contribution >= 0.6 is 0 Å². The molecule has 0 fully saturated rings. The lowest BCUT2D eigenvalue weighted by molar-refractivity contribution is 1.27. The van der Waals surface area contributed by atoms with Crippen LogP contribution in [0, 0.1) is 0 Å². The molecule has 2 aromatic heterocycles. The van der Waals surface area contributed by atoms with Crippen LogP contribution in [0.15, 0.2) is 267 Å². The predicted octanol–water partition coefficient (Wildman–Crippen LogP) is 11.2. The smallest absolute Gasteiger partial charge is 0.242 e. The third-order valence-corrected chi connectivity index (χ3v) is 12.1. The van der Waals surface area contributed by atoms with Gasteiger partial charge < -0.3 is 0 Å². The summed E-state index contributed by atoms with van der Waals surface area (Å²) < 4.78 is 0. The first kappa shape index (κ1) is 40.0. The van der Waals surface area contributed by atoms with Crippen molar-refractivity contribution in [2.45, 2.75) is 0 Å². The summed E-state index contributed by atoms with van der Waals surface area (Å²) in [5.41, 5.74) is 15.9. The minimum atomic E-state index is -0.0653. The van der Waals surface area contributed by atoms with Gasteiger partial charge in [0.2, 0.25) is 13.4 Å². The second kappa shape index (κ2) is 18.9. The number of hydrogen-bond acceptors (Lipinski definition) is 2. The maximum absolute atomic E-state index is 5.07. The van der Waals surface area contributed by atoms with Crippen molar-refractivity contribution >= 4 is 68.1 Å². The van der Waals surface area contributed by atoms with Crippen LogP contribution < -0.4 is 21.9 Å². The maximum atomic E-state index is 5.07. The van der Waals surface area contributed by atoms with Crippen LogP contribution in [0.25, 0.3) is 32.9 Å². The highest BCUT2D eigenvalue weighted by molar-refractivity contribution is 7.01.